The number of guanidine groups is 1. The first kappa shape index (κ1) is 18.2. The van der Waals surface area contributed by atoms with Gasteiger partial charge in [0.25, 0.3) is 5.91 Å². The summed E-state index contributed by atoms with van der Waals surface area (Å²) in [6.07, 6.45) is 5.70. The highest BCUT2D eigenvalue weighted by Gasteiger charge is 2.39. The topological polar surface area (TPSA) is 119 Å². The monoisotopic (exact) mass is 339 g/mol. The zero-order valence-corrected chi connectivity index (χ0v) is 13.9. The molecule has 0 aliphatic carbocycles. The number of nitrogens with one attached hydrogen (secondary N) is 1. The highest BCUT2D eigenvalue weighted by molar-refractivity contribution is 6.02. The molecular weight excluding hydrogens is 314 g/mol. The highest BCUT2D eigenvalue weighted by atomic mass is 16.6. The molecule has 0 aromatic carbocycles. The van der Waals surface area contributed by atoms with E-state index in [4.69, 9.17) is 15.2 Å². The number of esters is 1. The van der Waals surface area contributed by atoms with E-state index in [1.165, 1.54) is 6.34 Å². The van der Waals surface area contributed by atoms with Gasteiger partial charge in [-0.25, -0.2) is 4.99 Å². The summed E-state index contributed by atoms with van der Waals surface area (Å²) < 4.78 is 10.5. The van der Waals surface area contributed by atoms with Gasteiger partial charge in [0.1, 0.15) is 13.3 Å². The first-order chi connectivity index (χ1) is 11.6. The van der Waals surface area contributed by atoms with Crippen LogP contribution in [0.3, 0.4) is 0 Å². The summed E-state index contributed by atoms with van der Waals surface area (Å²) in [5.74, 6) is -0.393. The van der Waals surface area contributed by atoms with Crippen LogP contribution in [0, 0.1) is 0 Å². The average Bonchev–Trinajstić information content (AvgIpc) is 2.94. The Labute approximate surface area is 141 Å². The van der Waals surface area contributed by atoms with Crippen LogP contribution < -0.4 is 11.1 Å². The largest absolute Gasteiger partial charge is 0.463 e. The van der Waals surface area contributed by atoms with Crippen molar-refractivity contribution in [3.05, 3.63) is 0 Å². The van der Waals surface area contributed by atoms with E-state index in [-0.39, 0.29) is 37.8 Å². The van der Waals surface area contributed by atoms with Gasteiger partial charge in [-0.1, -0.05) is 26.2 Å². The van der Waals surface area contributed by atoms with Crippen LogP contribution in [0.2, 0.25) is 0 Å². The Morgan fingerprint density at radius 2 is 2.21 bits per heavy atom. The Morgan fingerprint density at radius 1 is 1.38 bits per heavy atom. The SMILES string of the molecule is CCCCCCC(=O)OCCOCN1C=NC2C(=O)NC(N)=NC21. The lowest BCUT2D eigenvalue weighted by atomic mass is 10.2. The lowest BCUT2D eigenvalue weighted by Crippen LogP contribution is -2.54. The second-order valence-electron chi connectivity index (χ2n) is 5.71. The first-order valence-electron chi connectivity index (χ1n) is 8.28. The highest BCUT2D eigenvalue weighted by Crippen LogP contribution is 2.17. The second-order valence-corrected chi connectivity index (χ2v) is 5.71. The van der Waals surface area contributed by atoms with Crippen LogP contribution in [0.5, 0.6) is 0 Å². The molecule has 2 aliphatic heterocycles. The number of nitrogens with two attached hydrogens (primary N) is 1. The summed E-state index contributed by atoms with van der Waals surface area (Å²) in [5.41, 5.74) is 5.55. The molecule has 2 rings (SSSR count). The minimum Gasteiger partial charge on any atom is -0.463 e. The summed E-state index contributed by atoms with van der Waals surface area (Å²) in [5, 5.41) is 2.43. The minimum atomic E-state index is -0.596. The van der Waals surface area contributed by atoms with E-state index in [1.807, 2.05) is 0 Å². The molecule has 2 aliphatic rings. The third-order valence-electron chi connectivity index (χ3n) is 3.75. The molecule has 2 atom stereocenters. The van der Waals surface area contributed by atoms with Crippen molar-refractivity contribution in [2.45, 2.75) is 51.2 Å². The van der Waals surface area contributed by atoms with Gasteiger partial charge in [-0.3, -0.25) is 19.9 Å². The second kappa shape index (κ2) is 9.21. The van der Waals surface area contributed by atoms with E-state index in [0.29, 0.717) is 6.42 Å². The Morgan fingerprint density at radius 3 is 3.00 bits per heavy atom. The average molecular weight is 339 g/mol. The van der Waals surface area contributed by atoms with Gasteiger partial charge in [-0.15, -0.1) is 0 Å². The molecule has 9 heteroatoms. The van der Waals surface area contributed by atoms with Crippen LogP contribution in [-0.4, -0.2) is 61.2 Å². The molecule has 0 radical (unpaired) electrons. The maximum Gasteiger partial charge on any atom is 0.305 e. The van der Waals surface area contributed by atoms with Crippen molar-refractivity contribution in [1.82, 2.24) is 10.2 Å². The number of unbranched alkanes of at least 4 members (excludes halogenated alkanes) is 3. The maximum atomic E-state index is 11.7. The third-order valence-corrected chi connectivity index (χ3v) is 3.75. The van der Waals surface area contributed by atoms with Gasteiger partial charge in [0, 0.05) is 6.42 Å². The summed E-state index contributed by atoms with van der Waals surface area (Å²) in [4.78, 5) is 33.1. The fraction of sp³-hybridized carbons (Fsp3) is 0.733. The number of amides is 1. The van der Waals surface area contributed by atoms with Gasteiger partial charge < -0.3 is 20.1 Å². The van der Waals surface area contributed by atoms with Gasteiger partial charge in [0.05, 0.1) is 12.9 Å². The van der Waals surface area contributed by atoms with Crippen molar-refractivity contribution < 1.29 is 19.1 Å². The van der Waals surface area contributed by atoms with Crippen molar-refractivity contribution >= 4 is 24.2 Å². The lowest BCUT2D eigenvalue weighted by molar-refractivity contribution is -0.145. The molecule has 0 aromatic heterocycles. The van der Waals surface area contributed by atoms with Crippen molar-refractivity contribution in [3.8, 4) is 0 Å². The van der Waals surface area contributed by atoms with E-state index in [2.05, 4.69) is 22.2 Å². The molecule has 0 spiro atoms. The molecule has 0 fully saturated rings. The minimum absolute atomic E-state index is 0.0775. The van der Waals surface area contributed by atoms with Crippen LogP contribution >= 0.6 is 0 Å². The zero-order chi connectivity index (χ0) is 17.4. The first-order valence-corrected chi connectivity index (χ1v) is 8.28. The van der Waals surface area contributed by atoms with E-state index >= 15 is 0 Å². The Hall–Kier alpha value is -2.16. The van der Waals surface area contributed by atoms with Crippen molar-refractivity contribution in [3.63, 3.8) is 0 Å². The van der Waals surface area contributed by atoms with E-state index in [9.17, 15) is 9.59 Å². The molecule has 2 unspecified atom stereocenters. The van der Waals surface area contributed by atoms with E-state index in [0.717, 1.165) is 25.7 Å². The van der Waals surface area contributed by atoms with Gasteiger partial charge in [0.2, 0.25) is 0 Å². The van der Waals surface area contributed by atoms with Crippen LogP contribution in [0.1, 0.15) is 39.0 Å². The Kier molecular flexibility index (Phi) is 6.98. The predicted octanol–water partition coefficient (Wildman–Crippen LogP) is -0.0428. The normalized spacial score (nSPS) is 22.1. The Balaban J connectivity index is 1.58. The molecule has 0 bridgehead atoms. The fourth-order valence-corrected chi connectivity index (χ4v) is 2.47. The molecule has 0 aromatic rings. The van der Waals surface area contributed by atoms with E-state index < -0.39 is 12.2 Å². The predicted molar refractivity (Wildman–Crippen MR) is 88.2 cm³/mol. The van der Waals surface area contributed by atoms with Crippen molar-refractivity contribution in [2.75, 3.05) is 19.9 Å². The number of ether oxygens (including phenoxy) is 2. The van der Waals surface area contributed by atoms with Gasteiger partial charge in [0.15, 0.2) is 18.2 Å². The quantitative estimate of drug-likeness (QED) is 0.426. The number of hydrogen-bond acceptors (Lipinski definition) is 8. The molecule has 2 heterocycles. The molecule has 1 amide bonds. The number of hydrogen-bond donors (Lipinski definition) is 2. The van der Waals surface area contributed by atoms with Crippen LogP contribution in [0.4, 0.5) is 0 Å². The molecule has 3 N–H and O–H groups in total. The number of carbonyl (C=O) groups is 2. The van der Waals surface area contributed by atoms with E-state index in [1.54, 1.807) is 4.90 Å². The van der Waals surface area contributed by atoms with Crippen LogP contribution in [0.25, 0.3) is 0 Å². The molecule has 0 saturated heterocycles. The van der Waals surface area contributed by atoms with Crippen LogP contribution in [-0.2, 0) is 19.1 Å². The third kappa shape index (κ3) is 5.19. The molecular formula is C15H25N5O4. The summed E-state index contributed by atoms with van der Waals surface area (Å²) >= 11 is 0. The number of rotatable bonds is 10. The van der Waals surface area contributed by atoms with Crippen LogP contribution in [0.15, 0.2) is 9.98 Å². The van der Waals surface area contributed by atoms with Gasteiger partial charge in [-0.2, -0.15) is 0 Å². The number of fused-ring (bicyclic) bond motifs is 1. The van der Waals surface area contributed by atoms with Gasteiger partial charge in [-0.05, 0) is 6.42 Å². The summed E-state index contributed by atoms with van der Waals surface area (Å²) in [7, 11) is 0. The number of carbonyl (C=O) groups excluding carboxylic acids is 2. The summed E-state index contributed by atoms with van der Waals surface area (Å²) in [6, 6.07) is -0.596. The zero-order valence-electron chi connectivity index (χ0n) is 13.9. The van der Waals surface area contributed by atoms with Gasteiger partial charge >= 0.3 is 5.97 Å². The standard InChI is InChI=1S/C15H25N5O4/c1-2-3-4-5-6-11(21)24-8-7-23-10-20-9-17-12-13(20)18-15(16)19-14(12)22/h9,12-13H,2-8,10H2,1H3,(H3,16,18,19,22). The smallest absolute Gasteiger partial charge is 0.305 e. The van der Waals surface area contributed by atoms with Crippen molar-refractivity contribution in [1.29, 1.82) is 0 Å². The maximum absolute atomic E-state index is 11.7. The molecule has 24 heavy (non-hydrogen) atoms. The fourth-order valence-electron chi connectivity index (χ4n) is 2.47. The molecule has 134 valence electrons. The number of nitrogens with zero attached hydrogens (tertiary/aromatic N) is 3. The lowest BCUT2D eigenvalue weighted by Gasteiger charge is -2.27. The van der Waals surface area contributed by atoms with Crippen molar-refractivity contribution in [2.24, 2.45) is 15.7 Å². The molecule has 0 saturated carbocycles. The number of aliphatic imine (C=N–C) groups is 2. The summed E-state index contributed by atoms with van der Waals surface area (Å²) in [6.45, 7) is 2.80. The molecule has 9 nitrogen and oxygen atoms in total. The Bertz CT molecular complexity index is 508.